The molecule has 0 aromatic rings. The number of hydrogen-bond donors (Lipinski definition) is 3. The Labute approximate surface area is 166 Å². The van der Waals surface area contributed by atoms with Crippen LogP contribution in [0.4, 0.5) is 4.39 Å². The van der Waals surface area contributed by atoms with Crippen molar-refractivity contribution in [1.82, 2.24) is 21.0 Å². The van der Waals surface area contributed by atoms with Crippen molar-refractivity contribution in [2.45, 2.75) is 63.1 Å². The number of likely N-dealkylation sites (tertiary alicyclic amines) is 1. The second-order valence-corrected chi connectivity index (χ2v) is 9.29. The second kappa shape index (κ2) is 8.14. The van der Waals surface area contributed by atoms with E-state index in [2.05, 4.69) is 16.1 Å². The van der Waals surface area contributed by atoms with Gasteiger partial charge in [0.15, 0.2) is 0 Å². The molecule has 158 valence electrons. The SMILES string of the molecule is O=C(C1CC1)N1CCC(C2NOC(C3CC(C4CCOC4)C(F)CN3)N2)CC1. The van der Waals surface area contributed by atoms with Crippen LogP contribution in [-0.2, 0) is 14.4 Å². The minimum absolute atomic E-state index is 0.0508. The van der Waals surface area contributed by atoms with Crippen LogP contribution < -0.4 is 16.1 Å². The van der Waals surface area contributed by atoms with Crippen molar-refractivity contribution in [2.75, 3.05) is 32.8 Å². The summed E-state index contributed by atoms with van der Waals surface area (Å²) in [6, 6.07) is 0.103. The van der Waals surface area contributed by atoms with E-state index in [1.54, 1.807) is 0 Å². The smallest absolute Gasteiger partial charge is 0.225 e. The molecule has 28 heavy (non-hydrogen) atoms. The number of nitrogens with one attached hydrogen (secondary N) is 3. The number of nitrogens with zero attached hydrogens (tertiary/aromatic N) is 1. The standard InChI is InChI=1S/C20H33FN4O3/c21-16-10-22-17(9-15(16)14-5-8-27-11-14)19-23-18(24-28-19)12-3-6-25(7-4-12)20(26)13-1-2-13/h12-19,22-24H,1-11H2. The predicted molar refractivity (Wildman–Crippen MR) is 101 cm³/mol. The van der Waals surface area contributed by atoms with Gasteiger partial charge in [-0.2, -0.15) is 5.48 Å². The molecule has 3 N–H and O–H groups in total. The fourth-order valence-electron chi connectivity index (χ4n) is 5.41. The van der Waals surface area contributed by atoms with Crippen LogP contribution in [0.5, 0.6) is 0 Å². The van der Waals surface area contributed by atoms with Crippen molar-refractivity contribution < 1.29 is 18.8 Å². The van der Waals surface area contributed by atoms with Crippen LogP contribution in [0.2, 0.25) is 0 Å². The van der Waals surface area contributed by atoms with Gasteiger partial charge in [-0.05, 0) is 56.3 Å². The fraction of sp³-hybridized carbons (Fsp3) is 0.950. The molecular weight excluding hydrogens is 363 g/mol. The zero-order chi connectivity index (χ0) is 19.1. The lowest BCUT2D eigenvalue weighted by Gasteiger charge is -2.38. The summed E-state index contributed by atoms with van der Waals surface area (Å²) in [7, 11) is 0. The first kappa shape index (κ1) is 19.2. The van der Waals surface area contributed by atoms with E-state index in [1.165, 1.54) is 0 Å². The Morgan fingerprint density at radius 3 is 2.61 bits per heavy atom. The molecular formula is C20H33FN4O3. The number of piperidine rings is 2. The topological polar surface area (TPSA) is 74.9 Å². The third kappa shape index (κ3) is 3.94. The van der Waals surface area contributed by atoms with Gasteiger partial charge in [0.2, 0.25) is 5.91 Å². The van der Waals surface area contributed by atoms with Crippen molar-refractivity contribution in [3.05, 3.63) is 0 Å². The summed E-state index contributed by atoms with van der Waals surface area (Å²) in [6.07, 6.45) is 5.02. The Bertz CT molecular complexity index is 564. The second-order valence-electron chi connectivity index (χ2n) is 9.29. The van der Waals surface area contributed by atoms with Crippen LogP contribution in [0.15, 0.2) is 0 Å². The van der Waals surface area contributed by atoms with Gasteiger partial charge in [0, 0.05) is 44.8 Å². The highest BCUT2D eigenvalue weighted by Gasteiger charge is 2.44. The Morgan fingerprint density at radius 1 is 1.07 bits per heavy atom. The summed E-state index contributed by atoms with van der Waals surface area (Å²) in [5.74, 6) is 1.49. The minimum Gasteiger partial charge on any atom is -0.381 e. The number of rotatable bonds is 4. The Hall–Kier alpha value is -0.800. The molecule has 6 atom stereocenters. The van der Waals surface area contributed by atoms with Gasteiger partial charge in [-0.15, -0.1) is 0 Å². The maximum Gasteiger partial charge on any atom is 0.225 e. The average Bonchev–Trinajstić information content (AvgIpc) is 3.22. The average molecular weight is 397 g/mol. The van der Waals surface area contributed by atoms with Gasteiger partial charge in [-0.3, -0.25) is 14.9 Å². The highest BCUT2D eigenvalue weighted by atomic mass is 19.1. The molecule has 0 spiro atoms. The molecule has 0 bridgehead atoms. The highest BCUT2D eigenvalue weighted by Crippen LogP contribution is 2.35. The van der Waals surface area contributed by atoms with Gasteiger partial charge in [-0.1, -0.05) is 0 Å². The van der Waals surface area contributed by atoms with E-state index < -0.39 is 6.17 Å². The van der Waals surface area contributed by atoms with Crippen LogP contribution >= 0.6 is 0 Å². The third-order valence-electron chi connectivity index (χ3n) is 7.42. The number of hydroxylamine groups is 1. The van der Waals surface area contributed by atoms with E-state index in [0.29, 0.717) is 36.8 Å². The van der Waals surface area contributed by atoms with E-state index in [9.17, 15) is 9.18 Å². The van der Waals surface area contributed by atoms with Crippen LogP contribution in [0.3, 0.4) is 0 Å². The highest BCUT2D eigenvalue weighted by molar-refractivity contribution is 5.81. The number of alkyl halides is 1. The maximum atomic E-state index is 14.5. The first-order valence-corrected chi connectivity index (χ1v) is 11.1. The Balaban J connectivity index is 1.11. The molecule has 4 aliphatic heterocycles. The summed E-state index contributed by atoms with van der Waals surface area (Å²) in [4.78, 5) is 20.1. The van der Waals surface area contributed by atoms with Crippen molar-refractivity contribution in [3.8, 4) is 0 Å². The molecule has 5 rings (SSSR count). The monoisotopic (exact) mass is 396 g/mol. The molecule has 1 saturated carbocycles. The molecule has 4 saturated heterocycles. The zero-order valence-electron chi connectivity index (χ0n) is 16.4. The molecule has 5 aliphatic rings. The summed E-state index contributed by atoms with van der Waals surface area (Å²) in [5.41, 5.74) is 3.18. The Morgan fingerprint density at radius 2 is 1.89 bits per heavy atom. The molecule has 1 amide bonds. The van der Waals surface area contributed by atoms with E-state index in [1.807, 2.05) is 4.90 Å². The van der Waals surface area contributed by atoms with Crippen LogP contribution in [-0.4, -0.2) is 68.3 Å². The molecule has 6 unspecified atom stereocenters. The van der Waals surface area contributed by atoms with E-state index in [0.717, 1.165) is 58.2 Å². The van der Waals surface area contributed by atoms with Gasteiger partial charge in [0.05, 0.1) is 6.17 Å². The predicted octanol–water partition coefficient (Wildman–Crippen LogP) is 0.764. The lowest BCUT2D eigenvalue weighted by Crippen LogP contribution is -2.56. The largest absolute Gasteiger partial charge is 0.381 e. The quantitative estimate of drug-likeness (QED) is 0.652. The lowest BCUT2D eigenvalue weighted by molar-refractivity contribution is -0.134. The summed E-state index contributed by atoms with van der Waals surface area (Å²) in [5, 5.41) is 6.92. The van der Waals surface area contributed by atoms with Crippen LogP contribution in [0.1, 0.15) is 38.5 Å². The molecule has 0 aromatic carbocycles. The minimum atomic E-state index is -0.804. The van der Waals surface area contributed by atoms with Gasteiger partial charge in [0.25, 0.3) is 0 Å². The molecule has 1 aliphatic carbocycles. The van der Waals surface area contributed by atoms with E-state index in [4.69, 9.17) is 9.57 Å². The molecule has 5 fully saturated rings. The first-order valence-electron chi connectivity index (χ1n) is 11.1. The molecule has 0 radical (unpaired) electrons. The normalized spacial score (nSPS) is 42.8. The fourth-order valence-corrected chi connectivity index (χ4v) is 5.41. The molecule has 8 heteroatoms. The number of carbonyl (C=O) groups excluding carboxylic acids is 1. The van der Waals surface area contributed by atoms with Crippen molar-refractivity contribution >= 4 is 5.91 Å². The van der Waals surface area contributed by atoms with Crippen LogP contribution in [0, 0.1) is 23.7 Å². The number of halogens is 1. The zero-order valence-corrected chi connectivity index (χ0v) is 16.4. The lowest BCUT2D eigenvalue weighted by atomic mass is 9.80. The maximum absolute atomic E-state index is 14.5. The summed E-state index contributed by atoms with van der Waals surface area (Å²) in [6.45, 7) is 3.53. The van der Waals surface area contributed by atoms with Crippen molar-refractivity contribution in [1.29, 1.82) is 0 Å². The molecule has 4 heterocycles. The van der Waals surface area contributed by atoms with Gasteiger partial charge < -0.3 is 15.0 Å². The number of hydrogen-bond acceptors (Lipinski definition) is 6. The van der Waals surface area contributed by atoms with Crippen molar-refractivity contribution in [2.24, 2.45) is 23.7 Å². The van der Waals surface area contributed by atoms with Crippen LogP contribution in [0.25, 0.3) is 0 Å². The molecule has 0 aromatic heterocycles. The van der Waals surface area contributed by atoms with Gasteiger partial charge in [-0.25, -0.2) is 4.39 Å². The number of ether oxygens (including phenoxy) is 1. The summed E-state index contributed by atoms with van der Waals surface area (Å²) >= 11 is 0. The van der Waals surface area contributed by atoms with E-state index in [-0.39, 0.29) is 24.4 Å². The summed E-state index contributed by atoms with van der Waals surface area (Å²) < 4.78 is 19.9. The molecule has 7 nitrogen and oxygen atoms in total. The van der Waals surface area contributed by atoms with E-state index >= 15 is 0 Å². The number of carbonyl (C=O) groups is 1. The third-order valence-corrected chi connectivity index (χ3v) is 7.42. The van der Waals surface area contributed by atoms with Gasteiger partial charge in [0.1, 0.15) is 12.4 Å². The van der Waals surface area contributed by atoms with Crippen molar-refractivity contribution in [3.63, 3.8) is 0 Å². The first-order chi connectivity index (χ1) is 13.7. The van der Waals surface area contributed by atoms with Gasteiger partial charge >= 0.3 is 0 Å². The Kier molecular flexibility index (Phi) is 5.58. The number of amides is 1.